The van der Waals surface area contributed by atoms with Crippen molar-refractivity contribution in [2.24, 2.45) is 5.92 Å². The van der Waals surface area contributed by atoms with Gasteiger partial charge in [-0.15, -0.1) is 0 Å². The average Bonchev–Trinajstić information content (AvgIpc) is 3.28. The number of pyridine rings is 1. The van der Waals surface area contributed by atoms with Gasteiger partial charge in [0.1, 0.15) is 11.3 Å². The summed E-state index contributed by atoms with van der Waals surface area (Å²) in [6.45, 7) is 7.62. The van der Waals surface area contributed by atoms with E-state index in [1.165, 1.54) is 38.3 Å². The van der Waals surface area contributed by atoms with Crippen LogP contribution in [-0.2, 0) is 14.3 Å². The van der Waals surface area contributed by atoms with Gasteiger partial charge in [-0.2, -0.15) is 4.98 Å². The van der Waals surface area contributed by atoms with E-state index in [1.54, 1.807) is 19.1 Å². The summed E-state index contributed by atoms with van der Waals surface area (Å²) in [5.41, 5.74) is 0.303. The van der Waals surface area contributed by atoms with Crippen molar-refractivity contribution in [3.05, 3.63) is 29.9 Å². The van der Waals surface area contributed by atoms with Gasteiger partial charge in [0.05, 0.1) is 13.0 Å². The van der Waals surface area contributed by atoms with E-state index in [9.17, 15) is 9.59 Å². The summed E-state index contributed by atoms with van der Waals surface area (Å²) in [5, 5.41) is 4.10. The first kappa shape index (κ1) is 25.8. The Kier molecular flexibility index (Phi) is 9.19. The topological polar surface area (TPSA) is 104 Å². The van der Waals surface area contributed by atoms with Gasteiger partial charge in [0.15, 0.2) is 0 Å². The van der Waals surface area contributed by atoms with Crippen molar-refractivity contribution in [3.8, 4) is 11.4 Å². The van der Waals surface area contributed by atoms with Gasteiger partial charge in [-0.05, 0) is 52.2 Å². The Morgan fingerprint density at radius 2 is 1.94 bits per heavy atom. The van der Waals surface area contributed by atoms with Crippen molar-refractivity contribution in [2.45, 2.75) is 97.0 Å². The molecule has 2 heterocycles. The minimum Gasteiger partial charge on any atom is -0.461 e. The maximum absolute atomic E-state index is 12.6. The van der Waals surface area contributed by atoms with Crippen LogP contribution < -0.4 is 0 Å². The zero-order chi connectivity index (χ0) is 24.6. The number of aromatic nitrogens is 3. The van der Waals surface area contributed by atoms with E-state index >= 15 is 0 Å². The summed E-state index contributed by atoms with van der Waals surface area (Å²) < 4.78 is 16.1. The largest absolute Gasteiger partial charge is 0.461 e. The van der Waals surface area contributed by atoms with E-state index in [0.29, 0.717) is 17.3 Å². The van der Waals surface area contributed by atoms with Gasteiger partial charge in [0.25, 0.3) is 0 Å². The molecule has 1 saturated carbocycles. The molecule has 0 radical (unpaired) electrons. The quantitative estimate of drug-likeness (QED) is 0.396. The van der Waals surface area contributed by atoms with Crippen molar-refractivity contribution in [1.29, 1.82) is 0 Å². The Morgan fingerprint density at radius 1 is 1.18 bits per heavy atom. The molecule has 0 N–H and O–H groups in total. The molecule has 0 saturated heterocycles. The van der Waals surface area contributed by atoms with Crippen molar-refractivity contribution < 1.29 is 23.6 Å². The van der Waals surface area contributed by atoms with Crippen molar-refractivity contribution >= 4 is 11.9 Å². The maximum atomic E-state index is 12.6. The number of esters is 2. The zero-order valence-electron chi connectivity index (χ0n) is 20.8. The molecule has 3 rings (SSSR count). The Morgan fingerprint density at radius 3 is 2.59 bits per heavy atom. The molecule has 8 heteroatoms. The lowest BCUT2D eigenvalue weighted by atomic mass is 9.84. The van der Waals surface area contributed by atoms with E-state index < -0.39 is 11.6 Å². The molecule has 2 aromatic rings. The Balaban J connectivity index is 1.69. The molecular formula is C26H37N3O5. The highest BCUT2D eigenvalue weighted by molar-refractivity contribution is 5.87. The summed E-state index contributed by atoms with van der Waals surface area (Å²) in [6, 6.07) is 3.28. The molecule has 186 valence electrons. The Labute approximate surface area is 201 Å². The summed E-state index contributed by atoms with van der Waals surface area (Å²) in [6.07, 6.45) is 11.3. The minimum absolute atomic E-state index is 0.198. The van der Waals surface area contributed by atoms with Crippen LogP contribution in [0, 0.1) is 5.92 Å². The summed E-state index contributed by atoms with van der Waals surface area (Å²) in [7, 11) is 0. The van der Waals surface area contributed by atoms with Crippen molar-refractivity contribution in [2.75, 3.05) is 6.61 Å². The van der Waals surface area contributed by atoms with Crippen LogP contribution in [0.3, 0.4) is 0 Å². The van der Waals surface area contributed by atoms with Crippen LogP contribution in [-0.4, -0.2) is 39.3 Å². The van der Waals surface area contributed by atoms with Crippen LogP contribution in [0.15, 0.2) is 22.9 Å². The van der Waals surface area contributed by atoms with E-state index in [1.807, 2.05) is 20.8 Å². The van der Waals surface area contributed by atoms with Gasteiger partial charge >= 0.3 is 11.9 Å². The lowest BCUT2D eigenvalue weighted by molar-refractivity contribution is -0.155. The van der Waals surface area contributed by atoms with Crippen molar-refractivity contribution in [3.63, 3.8) is 0 Å². The molecule has 1 fully saturated rings. The number of carbonyl (C=O) groups is 2. The first-order valence-electron chi connectivity index (χ1n) is 12.4. The van der Waals surface area contributed by atoms with Gasteiger partial charge in [-0.3, -0.25) is 4.79 Å². The number of hydrogen-bond donors (Lipinski definition) is 0. The van der Waals surface area contributed by atoms with Gasteiger partial charge in [-0.25, -0.2) is 9.78 Å². The van der Waals surface area contributed by atoms with Crippen LogP contribution in [0.5, 0.6) is 0 Å². The molecule has 0 aromatic carbocycles. The van der Waals surface area contributed by atoms with E-state index in [2.05, 4.69) is 15.1 Å². The lowest BCUT2D eigenvalue weighted by Crippen LogP contribution is -2.25. The highest BCUT2D eigenvalue weighted by Gasteiger charge is 2.26. The molecular weight excluding hydrogens is 434 g/mol. The molecule has 0 amide bonds. The summed E-state index contributed by atoms with van der Waals surface area (Å²) in [4.78, 5) is 33.1. The predicted octanol–water partition coefficient (Wildman–Crippen LogP) is 5.87. The lowest BCUT2D eigenvalue weighted by Gasteiger charge is -2.23. The SMILES string of the molecule is CCOC(=O)c1ccc(-c2noc([C@@H](CCCC3CCCCC3)CC(=O)OC(C)(C)C)n2)cn1. The first-order valence-corrected chi connectivity index (χ1v) is 12.4. The predicted molar refractivity (Wildman–Crippen MR) is 127 cm³/mol. The van der Waals surface area contributed by atoms with Crippen molar-refractivity contribution in [1.82, 2.24) is 15.1 Å². The molecule has 8 nitrogen and oxygen atoms in total. The zero-order valence-corrected chi connectivity index (χ0v) is 20.8. The van der Waals surface area contributed by atoms with Gasteiger partial charge in [-0.1, -0.05) is 50.1 Å². The molecule has 0 unspecified atom stereocenters. The number of ether oxygens (including phenoxy) is 2. The van der Waals surface area contributed by atoms with Gasteiger partial charge < -0.3 is 14.0 Å². The second kappa shape index (κ2) is 12.1. The molecule has 0 aliphatic heterocycles. The number of rotatable bonds is 10. The third-order valence-corrected chi connectivity index (χ3v) is 6.02. The monoisotopic (exact) mass is 471 g/mol. The molecule has 0 bridgehead atoms. The average molecular weight is 472 g/mol. The smallest absolute Gasteiger partial charge is 0.356 e. The van der Waals surface area contributed by atoms with Crippen LogP contribution in [0.2, 0.25) is 0 Å². The fraction of sp³-hybridized carbons (Fsp3) is 0.654. The number of nitrogens with zero attached hydrogens (tertiary/aromatic N) is 3. The van der Waals surface area contributed by atoms with Crippen LogP contribution in [0.25, 0.3) is 11.4 Å². The Bertz CT molecular complexity index is 927. The molecule has 1 aliphatic rings. The van der Waals surface area contributed by atoms with Crippen LogP contribution in [0.1, 0.15) is 108 Å². The fourth-order valence-corrected chi connectivity index (χ4v) is 4.40. The van der Waals surface area contributed by atoms with Crippen LogP contribution in [0.4, 0.5) is 0 Å². The van der Waals surface area contributed by atoms with E-state index in [0.717, 1.165) is 25.2 Å². The fourth-order valence-electron chi connectivity index (χ4n) is 4.40. The highest BCUT2D eigenvalue weighted by atomic mass is 16.6. The number of carbonyl (C=O) groups excluding carboxylic acids is 2. The second-order valence-corrected chi connectivity index (χ2v) is 10.0. The second-order valence-electron chi connectivity index (χ2n) is 10.0. The standard InChI is InChI=1S/C26H37N3O5/c1-5-32-25(31)21-15-14-20(17-27-21)23-28-24(34-29-23)19(16-22(30)33-26(2,3)4)13-9-12-18-10-7-6-8-11-18/h14-15,17-19H,5-13,16H2,1-4H3/t19-/m0/s1. The molecule has 1 aliphatic carbocycles. The van der Waals surface area contributed by atoms with Crippen LogP contribution >= 0.6 is 0 Å². The minimum atomic E-state index is -0.546. The molecule has 1 atom stereocenters. The van der Waals surface area contributed by atoms with Gasteiger partial charge in [0.2, 0.25) is 11.7 Å². The van der Waals surface area contributed by atoms with E-state index in [-0.39, 0.29) is 30.6 Å². The normalized spacial score (nSPS) is 15.6. The number of hydrogen-bond acceptors (Lipinski definition) is 8. The van der Waals surface area contributed by atoms with Gasteiger partial charge in [0, 0.05) is 17.7 Å². The summed E-state index contributed by atoms with van der Waals surface area (Å²) in [5.74, 6) is 0.636. The third-order valence-electron chi connectivity index (χ3n) is 6.02. The molecule has 0 spiro atoms. The Hall–Kier alpha value is -2.77. The van der Waals surface area contributed by atoms with E-state index in [4.69, 9.17) is 14.0 Å². The first-order chi connectivity index (χ1) is 16.2. The molecule has 34 heavy (non-hydrogen) atoms. The molecule has 2 aromatic heterocycles. The highest BCUT2D eigenvalue weighted by Crippen LogP contribution is 2.32. The summed E-state index contributed by atoms with van der Waals surface area (Å²) >= 11 is 0. The maximum Gasteiger partial charge on any atom is 0.356 e. The third kappa shape index (κ3) is 7.92.